The Hall–Kier alpha value is -2.84. The number of benzene rings is 1. The fourth-order valence-electron chi connectivity index (χ4n) is 3.56. The third-order valence-electron chi connectivity index (χ3n) is 5.20. The number of amides is 1. The summed E-state index contributed by atoms with van der Waals surface area (Å²) in [5, 5.41) is 15.5. The topological polar surface area (TPSA) is 84.2 Å². The fraction of sp³-hybridized carbons (Fsp3) is 0.421. The third kappa shape index (κ3) is 3.74. The second kappa shape index (κ2) is 6.96. The molecule has 150 valence electrons. The average Bonchev–Trinajstić information content (AvgIpc) is 3.19. The summed E-state index contributed by atoms with van der Waals surface area (Å²) in [5.41, 5.74) is -1.98. The van der Waals surface area contributed by atoms with E-state index in [-0.39, 0.29) is 23.1 Å². The van der Waals surface area contributed by atoms with Crippen LogP contribution in [-0.4, -0.2) is 32.8 Å². The number of alkyl halides is 3. The highest BCUT2D eigenvalue weighted by Gasteiger charge is 2.40. The van der Waals surface area contributed by atoms with Crippen LogP contribution in [0.1, 0.15) is 59.5 Å². The molecule has 1 unspecified atom stereocenters. The van der Waals surface area contributed by atoms with Gasteiger partial charge in [0.05, 0.1) is 11.9 Å². The Kier molecular flexibility index (Phi) is 4.95. The molecule has 0 spiro atoms. The van der Waals surface area contributed by atoms with Crippen LogP contribution < -0.4 is 5.32 Å². The number of carbonyl (C=O) groups is 2. The second-order valence-electron chi connectivity index (χ2n) is 7.58. The number of carboxylic acids is 1. The highest BCUT2D eigenvalue weighted by atomic mass is 19.4. The lowest BCUT2D eigenvalue weighted by Crippen LogP contribution is -2.41. The Balaban J connectivity index is 1.86. The van der Waals surface area contributed by atoms with Crippen LogP contribution in [0.5, 0.6) is 0 Å². The van der Waals surface area contributed by atoms with Crippen molar-refractivity contribution in [3.63, 3.8) is 0 Å². The molecule has 1 aromatic carbocycles. The summed E-state index contributed by atoms with van der Waals surface area (Å²) < 4.78 is 40.4. The number of aromatic nitrogens is 2. The summed E-state index contributed by atoms with van der Waals surface area (Å²) in [4.78, 5) is 23.5. The number of halogens is 3. The van der Waals surface area contributed by atoms with Crippen molar-refractivity contribution in [2.24, 2.45) is 5.41 Å². The monoisotopic (exact) mass is 395 g/mol. The van der Waals surface area contributed by atoms with Crippen molar-refractivity contribution in [3.8, 4) is 5.69 Å². The molecule has 9 heteroatoms. The van der Waals surface area contributed by atoms with Gasteiger partial charge >= 0.3 is 12.1 Å². The molecule has 0 radical (unpaired) electrons. The van der Waals surface area contributed by atoms with Crippen molar-refractivity contribution in [1.82, 2.24) is 15.1 Å². The average molecular weight is 395 g/mol. The van der Waals surface area contributed by atoms with Gasteiger partial charge < -0.3 is 10.4 Å². The van der Waals surface area contributed by atoms with Gasteiger partial charge in [0.25, 0.3) is 5.91 Å². The number of nitrogens with one attached hydrogen (secondary N) is 1. The summed E-state index contributed by atoms with van der Waals surface area (Å²) >= 11 is 0. The van der Waals surface area contributed by atoms with Gasteiger partial charge in [0, 0.05) is 11.6 Å². The summed E-state index contributed by atoms with van der Waals surface area (Å²) in [6, 6.07) is 5.45. The van der Waals surface area contributed by atoms with Crippen LogP contribution in [0.15, 0.2) is 30.5 Å². The first-order valence-corrected chi connectivity index (χ1v) is 8.80. The highest BCUT2D eigenvalue weighted by molar-refractivity contribution is 5.94. The predicted octanol–water partition coefficient (Wildman–Crippen LogP) is 3.90. The molecule has 2 N–H and O–H groups in total. The van der Waals surface area contributed by atoms with Gasteiger partial charge in [-0.2, -0.15) is 18.3 Å². The summed E-state index contributed by atoms with van der Waals surface area (Å²) in [6.07, 6.45) is -1.30. The van der Waals surface area contributed by atoms with Gasteiger partial charge in [-0.1, -0.05) is 20.3 Å². The van der Waals surface area contributed by atoms with Crippen molar-refractivity contribution < 1.29 is 27.9 Å². The van der Waals surface area contributed by atoms with Crippen LogP contribution >= 0.6 is 0 Å². The van der Waals surface area contributed by atoms with Crippen molar-refractivity contribution >= 4 is 11.9 Å². The van der Waals surface area contributed by atoms with E-state index in [9.17, 15) is 22.8 Å². The molecule has 1 aromatic heterocycles. The minimum atomic E-state index is -4.89. The van der Waals surface area contributed by atoms with Gasteiger partial charge in [-0.25, -0.2) is 9.48 Å². The molecule has 1 aliphatic rings. The molecular weight excluding hydrogens is 375 g/mol. The quantitative estimate of drug-likeness (QED) is 0.823. The number of carboxylic acid groups (broad SMARTS) is 1. The Morgan fingerprint density at radius 2 is 1.89 bits per heavy atom. The van der Waals surface area contributed by atoms with Gasteiger partial charge in [0.15, 0.2) is 5.69 Å². The fourth-order valence-corrected chi connectivity index (χ4v) is 3.56. The molecule has 1 aliphatic carbocycles. The number of hydrogen-bond donors (Lipinski definition) is 2. The molecule has 6 nitrogen and oxygen atoms in total. The Labute approximate surface area is 159 Å². The highest BCUT2D eigenvalue weighted by Crippen LogP contribution is 2.37. The molecule has 28 heavy (non-hydrogen) atoms. The van der Waals surface area contributed by atoms with Gasteiger partial charge in [0.2, 0.25) is 0 Å². The van der Waals surface area contributed by atoms with E-state index in [1.165, 1.54) is 24.3 Å². The molecule has 1 saturated carbocycles. The van der Waals surface area contributed by atoms with Crippen LogP contribution in [0.4, 0.5) is 13.2 Å². The molecule has 0 bridgehead atoms. The molecule has 2 aromatic rings. The van der Waals surface area contributed by atoms with E-state index < -0.39 is 23.4 Å². The van der Waals surface area contributed by atoms with E-state index in [4.69, 9.17) is 5.11 Å². The minimum Gasteiger partial charge on any atom is -0.478 e. The largest absolute Gasteiger partial charge is 0.478 e. The molecular formula is C19H20F3N3O3. The lowest BCUT2D eigenvalue weighted by Gasteiger charge is -2.27. The zero-order valence-corrected chi connectivity index (χ0v) is 15.4. The van der Waals surface area contributed by atoms with Crippen molar-refractivity contribution in [2.75, 3.05) is 0 Å². The maximum Gasteiger partial charge on any atom is 0.434 e. The van der Waals surface area contributed by atoms with Crippen LogP contribution in [0.25, 0.3) is 5.69 Å². The molecule has 0 saturated heterocycles. The van der Waals surface area contributed by atoms with Crippen molar-refractivity contribution in [2.45, 2.75) is 45.3 Å². The van der Waals surface area contributed by atoms with Gasteiger partial charge in [0.1, 0.15) is 5.56 Å². The van der Waals surface area contributed by atoms with E-state index in [0.717, 1.165) is 19.3 Å². The van der Waals surface area contributed by atoms with Crippen molar-refractivity contribution in [3.05, 3.63) is 47.3 Å². The van der Waals surface area contributed by atoms with E-state index >= 15 is 0 Å². The summed E-state index contributed by atoms with van der Waals surface area (Å²) in [5.74, 6) is -2.01. The third-order valence-corrected chi connectivity index (χ3v) is 5.20. The van der Waals surface area contributed by atoms with E-state index in [0.29, 0.717) is 16.4 Å². The standard InChI is InChI=1S/C19H20F3N3O3/c1-18(2)9-3-4-14(18)24-16(26)11-5-7-12(8-6-11)25-15(19(20,21)22)13(10-23-25)17(27)28/h5-8,10,14H,3-4,9H2,1-2H3,(H,24,26)(H,27,28). The Morgan fingerprint density at radius 1 is 1.25 bits per heavy atom. The van der Waals surface area contributed by atoms with Crippen molar-refractivity contribution in [1.29, 1.82) is 0 Å². The number of carbonyl (C=O) groups excluding carboxylic acids is 1. The number of hydrogen-bond acceptors (Lipinski definition) is 3. The molecule has 1 amide bonds. The number of rotatable bonds is 4. The second-order valence-corrected chi connectivity index (χ2v) is 7.58. The number of nitrogens with zero attached hydrogens (tertiary/aromatic N) is 2. The van der Waals surface area contributed by atoms with Gasteiger partial charge in [-0.3, -0.25) is 4.79 Å². The van der Waals surface area contributed by atoms with Crippen LogP contribution in [0.3, 0.4) is 0 Å². The first-order chi connectivity index (χ1) is 13.0. The smallest absolute Gasteiger partial charge is 0.434 e. The van der Waals surface area contributed by atoms with E-state index in [1.54, 1.807) is 0 Å². The maximum atomic E-state index is 13.3. The predicted molar refractivity (Wildman–Crippen MR) is 94.4 cm³/mol. The molecule has 1 heterocycles. The molecule has 1 fully saturated rings. The normalized spacial score (nSPS) is 18.8. The molecule has 0 aliphatic heterocycles. The minimum absolute atomic E-state index is 0.000492. The molecule has 3 rings (SSSR count). The summed E-state index contributed by atoms with van der Waals surface area (Å²) in [7, 11) is 0. The van der Waals surface area contributed by atoms with Crippen LogP contribution in [0, 0.1) is 5.41 Å². The van der Waals surface area contributed by atoms with Crippen LogP contribution in [0.2, 0.25) is 0 Å². The molecule has 1 atom stereocenters. The van der Waals surface area contributed by atoms with E-state index in [2.05, 4.69) is 24.3 Å². The van der Waals surface area contributed by atoms with Gasteiger partial charge in [-0.15, -0.1) is 0 Å². The van der Waals surface area contributed by atoms with E-state index in [1.807, 2.05) is 0 Å². The Bertz CT molecular complexity index is 901. The maximum absolute atomic E-state index is 13.3. The van der Waals surface area contributed by atoms with Gasteiger partial charge in [-0.05, 0) is 42.5 Å². The lowest BCUT2D eigenvalue weighted by molar-refractivity contribution is -0.143. The Morgan fingerprint density at radius 3 is 2.39 bits per heavy atom. The first kappa shape index (κ1) is 19.9. The lowest BCUT2D eigenvalue weighted by atomic mass is 9.87. The first-order valence-electron chi connectivity index (χ1n) is 8.80. The zero-order chi connectivity index (χ0) is 20.7. The number of aromatic carboxylic acids is 1. The SMILES string of the molecule is CC1(C)CCCC1NC(=O)c1ccc(-n2ncc(C(=O)O)c2C(F)(F)F)cc1. The zero-order valence-electron chi connectivity index (χ0n) is 15.4. The summed E-state index contributed by atoms with van der Waals surface area (Å²) in [6.45, 7) is 4.18. The van der Waals surface area contributed by atoms with Crippen LogP contribution in [-0.2, 0) is 6.18 Å².